The standard InChI is InChI=1S/C20H26N2O7/c1-11-14(19(26)29-20(2,3)4)15(16-13(23)8-7-9-22(11)16)21-10-12(17(24)27-5)18(25)28-6/h10,21H,7-9H2,1-6H3. The molecule has 1 aromatic heterocycles. The van der Waals surface area contributed by atoms with Crippen molar-refractivity contribution in [2.24, 2.45) is 0 Å². The second-order valence-corrected chi connectivity index (χ2v) is 7.55. The molecule has 1 N–H and O–H groups in total. The lowest BCUT2D eigenvalue weighted by Crippen LogP contribution is -2.24. The zero-order chi connectivity index (χ0) is 21.9. The second-order valence-electron chi connectivity index (χ2n) is 7.55. The van der Waals surface area contributed by atoms with Gasteiger partial charge in [0, 0.05) is 24.9 Å². The van der Waals surface area contributed by atoms with Crippen LogP contribution < -0.4 is 5.32 Å². The van der Waals surface area contributed by atoms with Crippen molar-refractivity contribution >= 4 is 29.4 Å². The first-order valence-corrected chi connectivity index (χ1v) is 9.14. The van der Waals surface area contributed by atoms with Crippen molar-refractivity contribution in [3.05, 3.63) is 28.7 Å². The van der Waals surface area contributed by atoms with E-state index >= 15 is 0 Å². The Morgan fingerprint density at radius 2 is 1.69 bits per heavy atom. The molecule has 0 spiro atoms. The van der Waals surface area contributed by atoms with Crippen LogP contribution in [0.2, 0.25) is 0 Å². The molecule has 0 aliphatic carbocycles. The molecule has 2 rings (SSSR count). The van der Waals surface area contributed by atoms with Crippen LogP contribution in [0.4, 0.5) is 5.69 Å². The summed E-state index contributed by atoms with van der Waals surface area (Å²) in [6, 6.07) is 0. The van der Waals surface area contributed by atoms with Crippen molar-refractivity contribution in [2.45, 2.75) is 52.7 Å². The fourth-order valence-corrected chi connectivity index (χ4v) is 3.11. The van der Waals surface area contributed by atoms with E-state index in [1.807, 2.05) is 0 Å². The highest BCUT2D eigenvalue weighted by Gasteiger charge is 2.33. The zero-order valence-electron chi connectivity index (χ0n) is 17.5. The first-order chi connectivity index (χ1) is 13.5. The minimum atomic E-state index is -0.917. The van der Waals surface area contributed by atoms with Gasteiger partial charge in [-0.05, 0) is 34.1 Å². The largest absolute Gasteiger partial charge is 0.465 e. The Morgan fingerprint density at radius 3 is 2.21 bits per heavy atom. The number of nitrogens with one attached hydrogen (secondary N) is 1. The minimum absolute atomic E-state index is 0.150. The number of hydrogen-bond donors (Lipinski definition) is 1. The quantitative estimate of drug-likeness (QED) is 0.261. The molecule has 0 atom stereocenters. The molecule has 0 saturated heterocycles. The third-order valence-corrected chi connectivity index (χ3v) is 4.35. The second kappa shape index (κ2) is 8.50. The van der Waals surface area contributed by atoms with Gasteiger partial charge < -0.3 is 24.1 Å². The molecule has 2 heterocycles. The number of nitrogens with zero attached hydrogens (tertiary/aromatic N) is 1. The Balaban J connectivity index is 2.61. The van der Waals surface area contributed by atoms with Gasteiger partial charge in [-0.1, -0.05) is 0 Å². The van der Waals surface area contributed by atoms with Gasteiger partial charge >= 0.3 is 17.9 Å². The molecule has 9 nitrogen and oxygen atoms in total. The normalized spacial score (nSPS) is 13.2. The van der Waals surface area contributed by atoms with Crippen molar-refractivity contribution in [3.8, 4) is 0 Å². The number of Topliss-reactive ketones (excluding diaryl/α,β-unsaturated/α-hetero) is 1. The van der Waals surface area contributed by atoms with E-state index in [2.05, 4.69) is 14.8 Å². The van der Waals surface area contributed by atoms with Crippen LogP contribution in [0.15, 0.2) is 11.8 Å². The van der Waals surface area contributed by atoms with Crippen molar-refractivity contribution in [1.82, 2.24) is 4.57 Å². The summed E-state index contributed by atoms with van der Waals surface area (Å²) in [5, 5.41) is 2.78. The molecule has 0 fully saturated rings. The Hall–Kier alpha value is -3.10. The van der Waals surface area contributed by atoms with Crippen molar-refractivity contribution in [2.75, 3.05) is 19.5 Å². The first-order valence-electron chi connectivity index (χ1n) is 9.14. The van der Waals surface area contributed by atoms with Crippen LogP contribution >= 0.6 is 0 Å². The highest BCUT2D eigenvalue weighted by atomic mass is 16.6. The fourth-order valence-electron chi connectivity index (χ4n) is 3.11. The smallest absolute Gasteiger partial charge is 0.346 e. The van der Waals surface area contributed by atoms with E-state index < -0.39 is 29.1 Å². The molecule has 1 aromatic rings. The molecule has 158 valence electrons. The Kier molecular flexibility index (Phi) is 6.51. The van der Waals surface area contributed by atoms with Gasteiger partial charge in [-0.15, -0.1) is 0 Å². The number of fused-ring (bicyclic) bond motifs is 1. The summed E-state index contributed by atoms with van der Waals surface area (Å²) in [6.45, 7) is 7.50. The molecule has 1 aliphatic heterocycles. The van der Waals surface area contributed by atoms with E-state index in [9.17, 15) is 19.2 Å². The third kappa shape index (κ3) is 4.67. The molecule has 1 aliphatic rings. The van der Waals surface area contributed by atoms with Gasteiger partial charge in [-0.25, -0.2) is 14.4 Å². The molecular weight excluding hydrogens is 380 g/mol. The summed E-state index contributed by atoms with van der Waals surface area (Å²) in [4.78, 5) is 49.3. The molecule has 29 heavy (non-hydrogen) atoms. The van der Waals surface area contributed by atoms with E-state index in [0.29, 0.717) is 30.8 Å². The summed E-state index contributed by atoms with van der Waals surface area (Å²) in [5.41, 5.74) is 0.0795. The summed E-state index contributed by atoms with van der Waals surface area (Å²) in [6.07, 6.45) is 2.06. The Morgan fingerprint density at radius 1 is 1.10 bits per heavy atom. The number of ether oxygens (including phenoxy) is 3. The predicted molar refractivity (Wildman–Crippen MR) is 104 cm³/mol. The van der Waals surface area contributed by atoms with Gasteiger partial charge in [-0.3, -0.25) is 4.79 Å². The van der Waals surface area contributed by atoms with Gasteiger partial charge in [0.25, 0.3) is 0 Å². The molecule has 0 saturated carbocycles. The number of carbonyl (C=O) groups excluding carboxylic acids is 4. The highest BCUT2D eigenvalue weighted by Crippen LogP contribution is 2.34. The number of anilines is 1. The van der Waals surface area contributed by atoms with Crippen LogP contribution in [0.25, 0.3) is 0 Å². The van der Waals surface area contributed by atoms with Crippen LogP contribution in [-0.4, -0.2) is 48.1 Å². The zero-order valence-corrected chi connectivity index (χ0v) is 17.5. The van der Waals surface area contributed by atoms with Crippen LogP contribution in [0.5, 0.6) is 0 Å². The molecule has 0 radical (unpaired) electrons. The van der Waals surface area contributed by atoms with E-state index in [1.54, 1.807) is 32.3 Å². The van der Waals surface area contributed by atoms with Crippen LogP contribution in [-0.2, 0) is 30.3 Å². The Bertz CT molecular complexity index is 870. The van der Waals surface area contributed by atoms with Gasteiger partial charge in [0.05, 0.1) is 19.9 Å². The Labute approximate surface area is 169 Å². The summed E-state index contributed by atoms with van der Waals surface area (Å²) in [7, 11) is 2.25. The number of hydrogen-bond acceptors (Lipinski definition) is 8. The lowest BCUT2D eigenvalue weighted by atomic mass is 10.1. The minimum Gasteiger partial charge on any atom is -0.465 e. The molecule has 0 bridgehead atoms. The van der Waals surface area contributed by atoms with E-state index in [0.717, 1.165) is 20.4 Å². The van der Waals surface area contributed by atoms with Gasteiger partial charge in [0.15, 0.2) is 11.4 Å². The van der Waals surface area contributed by atoms with Gasteiger partial charge in [-0.2, -0.15) is 0 Å². The highest BCUT2D eigenvalue weighted by molar-refractivity contribution is 6.14. The molecule has 0 unspecified atom stereocenters. The number of esters is 3. The number of carbonyl (C=O) groups is 4. The predicted octanol–water partition coefficient (Wildman–Crippen LogP) is 2.37. The average molecular weight is 406 g/mol. The van der Waals surface area contributed by atoms with E-state index in [-0.39, 0.29) is 17.0 Å². The van der Waals surface area contributed by atoms with Crippen molar-refractivity contribution in [1.29, 1.82) is 0 Å². The molecule has 9 heteroatoms. The number of ketones is 1. The van der Waals surface area contributed by atoms with Crippen LogP contribution in [0, 0.1) is 6.92 Å². The summed E-state index contributed by atoms with van der Waals surface area (Å²) in [5.74, 6) is -2.60. The molecule has 0 aromatic carbocycles. The lowest BCUT2D eigenvalue weighted by Gasteiger charge is -2.20. The van der Waals surface area contributed by atoms with Crippen molar-refractivity contribution < 1.29 is 33.4 Å². The topological polar surface area (TPSA) is 113 Å². The van der Waals surface area contributed by atoms with Gasteiger partial charge in [0.1, 0.15) is 16.9 Å². The maximum atomic E-state index is 12.9. The fraction of sp³-hybridized carbons (Fsp3) is 0.500. The van der Waals surface area contributed by atoms with Gasteiger partial charge in [0.2, 0.25) is 0 Å². The number of methoxy groups -OCH3 is 2. The number of aromatic nitrogens is 1. The van der Waals surface area contributed by atoms with Crippen LogP contribution in [0.1, 0.15) is 60.2 Å². The summed E-state index contributed by atoms with van der Waals surface area (Å²) < 4.78 is 16.4. The maximum Gasteiger partial charge on any atom is 0.346 e. The summed E-state index contributed by atoms with van der Waals surface area (Å²) >= 11 is 0. The van der Waals surface area contributed by atoms with Crippen molar-refractivity contribution in [3.63, 3.8) is 0 Å². The first kappa shape index (κ1) is 22.2. The molecular formula is C20H26N2O7. The monoisotopic (exact) mass is 406 g/mol. The number of rotatable bonds is 5. The maximum absolute atomic E-state index is 12.9. The van der Waals surface area contributed by atoms with E-state index in [1.165, 1.54) is 0 Å². The van der Waals surface area contributed by atoms with Crippen LogP contribution in [0.3, 0.4) is 0 Å². The molecule has 0 amide bonds. The average Bonchev–Trinajstić information content (AvgIpc) is 2.93. The lowest BCUT2D eigenvalue weighted by molar-refractivity contribution is -0.144. The third-order valence-electron chi connectivity index (χ3n) is 4.35. The SMILES string of the molecule is COC(=O)C(=CNc1c(C(=O)OC(C)(C)C)c(C)n2c1C(=O)CCC2)C(=O)OC. The van der Waals surface area contributed by atoms with E-state index in [4.69, 9.17) is 4.74 Å².